The number of hydrogen-bond acceptors (Lipinski definition) is 2. The van der Waals surface area contributed by atoms with E-state index in [2.05, 4.69) is 5.32 Å². The van der Waals surface area contributed by atoms with Gasteiger partial charge in [-0.3, -0.25) is 0 Å². The highest BCUT2D eigenvalue weighted by Gasteiger charge is 2.15. The first-order valence-electron chi connectivity index (χ1n) is 4.98. The van der Waals surface area contributed by atoms with Gasteiger partial charge in [0.05, 0.1) is 5.56 Å². The molecule has 0 aliphatic rings. The van der Waals surface area contributed by atoms with E-state index in [9.17, 15) is 13.2 Å². The smallest absolute Gasteiger partial charge is 0.137 e. The Kier molecular flexibility index (Phi) is 3.49. The molecule has 0 fully saturated rings. The quantitative estimate of drug-likeness (QED) is 0.886. The molecule has 5 heteroatoms. The molecule has 0 radical (unpaired) electrons. The highest BCUT2D eigenvalue weighted by Crippen LogP contribution is 2.32. The molecule has 0 bridgehead atoms. The Bertz CT molecular complexity index is 513. The van der Waals surface area contributed by atoms with Crippen LogP contribution in [0.4, 0.5) is 13.2 Å². The Labute approximate surface area is 101 Å². The van der Waals surface area contributed by atoms with Crippen molar-refractivity contribution >= 4 is 11.3 Å². The fourth-order valence-corrected chi connectivity index (χ4v) is 2.54. The summed E-state index contributed by atoms with van der Waals surface area (Å²) in [5.41, 5.74) is 0.773. The minimum absolute atomic E-state index is 0.168. The van der Waals surface area contributed by atoms with Crippen molar-refractivity contribution in [3.63, 3.8) is 0 Å². The molecule has 0 spiro atoms. The van der Waals surface area contributed by atoms with E-state index in [1.165, 1.54) is 11.3 Å². The Hall–Kier alpha value is -1.33. The molecule has 90 valence electrons. The van der Waals surface area contributed by atoms with Crippen molar-refractivity contribution in [3.8, 4) is 10.4 Å². The van der Waals surface area contributed by atoms with Gasteiger partial charge in [-0.25, -0.2) is 13.2 Å². The summed E-state index contributed by atoms with van der Waals surface area (Å²) in [6.45, 7) is 0.626. The maximum Gasteiger partial charge on any atom is 0.137 e. The standard InChI is InChI=1S/C12H10F3NS/c1-16-5-7-2-11(17-6-7)12-9(14)3-8(13)4-10(12)15/h2-4,6,16H,5H2,1H3. The van der Waals surface area contributed by atoms with Crippen LogP contribution in [-0.2, 0) is 6.54 Å². The molecule has 1 aromatic heterocycles. The fraction of sp³-hybridized carbons (Fsp3) is 0.167. The average molecular weight is 257 g/mol. The van der Waals surface area contributed by atoms with Gasteiger partial charge in [0, 0.05) is 23.6 Å². The van der Waals surface area contributed by atoms with E-state index in [-0.39, 0.29) is 5.56 Å². The lowest BCUT2D eigenvalue weighted by Crippen LogP contribution is -2.03. The zero-order valence-corrected chi connectivity index (χ0v) is 9.88. The monoisotopic (exact) mass is 257 g/mol. The van der Waals surface area contributed by atoms with E-state index in [1.54, 1.807) is 13.1 Å². The minimum Gasteiger partial charge on any atom is -0.316 e. The van der Waals surface area contributed by atoms with Crippen LogP contribution in [-0.4, -0.2) is 7.05 Å². The third-order valence-electron chi connectivity index (χ3n) is 2.29. The van der Waals surface area contributed by atoms with Gasteiger partial charge in [-0.1, -0.05) is 0 Å². The van der Waals surface area contributed by atoms with Crippen molar-refractivity contribution in [1.29, 1.82) is 0 Å². The van der Waals surface area contributed by atoms with Gasteiger partial charge in [0.2, 0.25) is 0 Å². The summed E-state index contributed by atoms with van der Waals surface area (Å²) < 4.78 is 39.8. The Morgan fingerprint density at radius 1 is 1.12 bits per heavy atom. The number of nitrogens with one attached hydrogen (secondary N) is 1. The summed E-state index contributed by atoms with van der Waals surface area (Å²) in [5, 5.41) is 4.76. The average Bonchev–Trinajstić information content (AvgIpc) is 2.65. The van der Waals surface area contributed by atoms with Crippen LogP contribution >= 0.6 is 11.3 Å². The second-order valence-electron chi connectivity index (χ2n) is 3.59. The van der Waals surface area contributed by atoms with Gasteiger partial charge in [0.15, 0.2) is 0 Å². The van der Waals surface area contributed by atoms with Crippen molar-refractivity contribution < 1.29 is 13.2 Å². The molecule has 1 aromatic carbocycles. The molecule has 2 aromatic rings. The lowest BCUT2D eigenvalue weighted by molar-refractivity contribution is 0.548. The maximum absolute atomic E-state index is 13.5. The van der Waals surface area contributed by atoms with Crippen LogP contribution < -0.4 is 5.32 Å². The topological polar surface area (TPSA) is 12.0 Å². The molecule has 0 atom stereocenters. The molecule has 1 nitrogen and oxygen atoms in total. The summed E-state index contributed by atoms with van der Waals surface area (Å²) in [7, 11) is 1.79. The zero-order chi connectivity index (χ0) is 12.4. The predicted molar refractivity (Wildman–Crippen MR) is 62.4 cm³/mol. The first kappa shape index (κ1) is 12.1. The molecule has 0 amide bonds. The Balaban J connectivity index is 2.45. The number of rotatable bonds is 3. The van der Waals surface area contributed by atoms with Gasteiger partial charge in [-0.2, -0.15) is 0 Å². The van der Waals surface area contributed by atoms with Crippen molar-refractivity contribution in [3.05, 3.63) is 46.6 Å². The van der Waals surface area contributed by atoms with E-state index in [1.807, 2.05) is 5.38 Å². The fourth-order valence-electron chi connectivity index (χ4n) is 1.58. The van der Waals surface area contributed by atoms with E-state index in [0.717, 1.165) is 5.56 Å². The largest absolute Gasteiger partial charge is 0.316 e. The molecule has 0 saturated heterocycles. The number of benzene rings is 1. The van der Waals surface area contributed by atoms with Gasteiger partial charge in [-0.05, 0) is 24.1 Å². The van der Waals surface area contributed by atoms with E-state index in [0.29, 0.717) is 23.6 Å². The van der Waals surface area contributed by atoms with Gasteiger partial charge in [-0.15, -0.1) is 11.3 Å². The van der Waals surface area contributed by atoms with E-state index >= 15 is 0 Å². The van der Waals surface area contributed by atoms with Crippen molar-refractivity contribution in [2.75, 3.05) is 7.05 Å². The van der Waals surface area contributed by atoms with Gasteiger partial charge >= 0.3 is 0 Å². The van der Waals surface area contributed by atoms with E-state index < -0.39 is 17.5 Å². The molecule has 0 saturated carbocycles. The van der Waals surface area contributed by atoms with E-state index in [4.69, 9.17) is 0 Å². The van der Waals surface area contributed by atoms with Crippen molar-refractivity contribution in [1.82, 2.24) is 5.32 Å². The first-order valence-corrected chi connectivity index (χ1v) is 5.86. The molecule has 1 heterocycles. The first-order chi connectivity index (χ1) is 8.11. The summed E-state index contributed by atoms with van der Waals surface area (Å²) in [5.74, 6) is -2.66. The van der Waals surface area contributed by atoms with Crippen LogP contribution in [0.3, 0.4) is 0 Å². The van der Waals surface area contributed by atoms with Gasteiger partial charge in [0.25, 0.3) is 0 Å². The minimum atomic E-state index is -0.907. The second kappa shape index (κ2) is 4.89. The Morgan fingerprint density at radius 3 is 2.35 bits per heavy atom. The summed E-state index contributed by atoms with van der Waals surface area (Å²) in [6, 6.07) is 3.08. The van der Waals surface area contributed by atoms with Crippen molar-refractivity contribution in [2.45, 2.75) is 6.54 Å². The molecule has 0 aliphatic heterocycles. The highest BCUT2D eigenvalue weighted by molar-refractivity contribution is 7.13. The molecular weight excluding hydrogens is 247 g/mol. The number of thiophene rings is 1. The lowest BCUT2D eigenvalue weighted by Gasteiger charge is -2.02. The lowest BCUT2D eigenvalue weighted by atomic mass is 10.1. The maximum atomic E-state index is 13.5. The summed E-state index contributed by atoms with van der Waals surface area (Å²) >= 11 is 1.23. The predicted octanol–water partition coefficient (Wildman–Crippen LogP) is 3.55. The van der Waals surface area contributed by atoms with Crippen LogP contribution in [0.2, 0.25) is 0 Å². The number of halogens is 3. The summed E-state index contributed by atoms with van der Waals surface area (Å²) in [6.07, 6.45) is 0. The third kappa shape index (κ3) is 2.50. The van der Waals surface area contributed by atoms with Crippen molar-refractivity contribution in [2.24, 2.45) is 0 Å². The van der Waals surface area contributed by atoms with Crippen LogP contribution in [0.1, 0.15) is 5.56 Å². The molecule has 0 unspecified atom stereocenters. The molecular formula is C12H10F3NS. The normalized spacial score (nSPS) is 10.8. The summed E-state index contributed by atoms with van der Waals surface area (Å²) in [4.78, 5) is 0.463. The van der Waals surface area contributed by atoms with Gasteiger partial charge in [0.1, 0.15) is 17.5 Å². The highest BCUT2D eigenvalue weighted by atomic mass is 32.1. The molecule has 2 rings (SSSR count). The Morgan fingerprint density at radius 2 is 1.76 bits per heavy atom. The molecule has 0 aliphatic carbocycles. The zero-order valence-electron chi connectivity index (χ0n) is 9.06. The molecule has 1 N–H and O–H groups in total. The van der Waals surface area contributed by atoms with Crippen LogP contribution in [0, 0.1) is 17.5 Å². The third-order valence-corrected chi connectivity index (χ3v) is 3.28. The van der Waals surface area contributed by atoms with Crippen LogP contribution in [0.25, 0.3) is 10.4 Å². The van der Waals surface area contributed by atoms with Gasteiger partial charge < -0.3 is 5.32 Å². The molecule has 17 heavy (non-hydrogen) atoms. The van der Waals surface area contributed by atoms with Crippen LogP contribution in [0.5, 0.6) is 0 Å². The van der Waals surface area contributed by atoms with Crippen LogP contribution in [0.15, 0.2) is 23.6 Å². The SMILES string of the molecule is CNCc1csc(-c2c(F)cc(F)cc2F)c1. The number of hydrogen-bond donors (Lipinski definition) is 1. The second-order valence-corrected chi connectivity index (χ2v) is 4.51.